The quantitative estimate of drug-likeness (QED) is 0.744. The van der Waals surface area contributed by atoms with Gasteiger partial charge in [-0.1, -0.05) is 23.7 Å². The summed E-state index contributed by atoms with van der Waals surface area (Å²) in [6, 6.07) is 7.83. The summed E-state index contributed by atoms with van der Waals surface area (Å²) in [6.07, 6.45) is 0.160. The molecule has 13 heavy (non-hydrogen) atoms. The number of nitrogens with one attached hydrogen (secondary N) is 1. The number of rotatable bonds is 1. The van der Waals surface area contributed by atoms with Crippen LogP contribution in [0.5, 0.6) is 0 Å². The fourth-order valence-electron chi connectivity index (χ4n) is 1.49. The lowest BCUT2D eigenvalue weighted by atomic mass is 10.1. The van der Waals surface area contributed by atoms with Crippen molar-refractivity contribution >= 4 is 11.6 Å². The summed E-state index contributed by atoms with van der Waals surface area (Å²) in [5, 5.41) is 4.05. The normalized spacial score (nSPS) is 23.0. The fourth-order valence-corrected chi connectivity index (χ4v) is 1.69. The molecule has 1 aromatic rings. The molecule has 1 fully saturated rings. The van der Waals surface area contributed by atoms with Gasteiger partial charge in [0, 0.05) is 18.1 Å². The van der Waals surface area contributed by atoms with Crippen LogP contribution in [0.4, 0.5) is 0 Å². The van der Waals surface area contributed by atoms with Crippen LogP contribution >= 0.6 is 11.6 Å². The van der Waals surface area contributed by atoms with Gasteiger partial charge in [0.1, 0.15) is 0 Å². The van der Waals surface area contributed by atoms with Gasteiger partial charge in [0.25, 0.3) is 0 Å². The molecule has 0 spiro atoms. The summed E-state index contributed by atoms with van der Waals surface area (Å²) in [4.78, 5) is 0. The Morgan fingerprint density at radius 3 is 3.08 bits per heavy atom. The zero-order valence-electron chi connectivity index (χ0n) is 7.29. The van der Waals surface area contributed by atoms with Crippen LogP contribution in [-0.4, -0.2) is 19.7 Å². The van der Waals surface area contributed by atoms with E-state index in [0.29, 0.717) is 0 Å². The topological polar surface area (TPSA) is 21.3 Å². The van der Waals surface area contributed by atoms with Gasteiger partial charge < -0.3 is 10.1 Å². The van der Waals surface area contributed by atoms with Crippen LogP contribution in [0.1, 0.15) is 11.7 Å². The third-order valence-corrected chi connectivity index (χ3v) is 2.38. The fraction of sp³-hybridized carbons (Fsp3) is 0.400. The van der Waals surface area contributed by atoms with E-state index < -0.39 is 0 Å². The molecular formula is C10H12ClNO. The lowest BCUT2D eigenvalue weighted by Crippen LogP contribution is -2.33. The second-order valence-corrected chi connectivity index (χ2v) is 3.55. The van der Waals surface area contributed by atoms with E-state index in [1.807, 2.05) is 24.3 Å². The van der Waals surface area contributed by atoms with Crippen molar-refractivity contribution in [1.82, 2.24) is 5.32 Å². The SMILES string of the molecule is Clc1cccc([C@H]2CNCCO2)c1. The molecule has 1 aliphatic rings. The molecule has 3 heteroatoms. The molecule has 2 nitrogen and oxygen atoms in total. The largest absolute Gasteiger partial charge is 0.371 e. The summed E-state index contributed by atoms with van der Waals surface area (Å²) in [6.45, 7) is 2.59. The van der Waals surface area contributed by atoms with Crippen LogP contribution < -0.4 is 5.32 Å². The first-order valence-corrected chi connectivity index (χ1v) is 4.82. The van der Waals surface area contributed by atoms with E-state index in [1.165, 1.54) is 0 Å². The monoisotopic (exact) mass is 197 g/mol. The lowest BCUT2D eigenvalue weighted by molar-refractivity contribution is 0.0277. The average molecular weight is 198 g/mol. The van der Waals surface area contributed by atoms with Gasteiger partial charge in [-0.3, -0.25) is 0 Å². The molecule has 0 radical (unpaired) electrons. The number of ether oxygens (including phenoxy) is 1. The smallest absolute Gasteiger partial charge is 0.0950 e. The Morgan fingerprint density at radius 1 is 1.46 bits per heavy atom. The highest BCUT2D eigenvalue weighted by Gasteiger charge is 2.15. The first-order valence-electron chi connectivity index (χ1n) is 4.44. The molecule has 1 aliphatic heterocycles. The maximum absolute atomic E-state index is 5.89. The standard InChI is InChI=1S/C10H12ClNO/c11-9-3-1-2-8(6-9)10-7-12-4-5-13-10/h1-3,6,10,12H,4-5,7H2/t10-/m1/s1. The van der Waals surface area contributed by atoms with E-state index in [2.05, 4.69) is 5.32 Å². The van der Waals surface area contributed by atoms with Gasteiger partial charge in [0.15, 0.2) is 0 Å². The molecule has 70 valence electrons. The van der Waals surface area contributed by atoms with Gasteiger partial charge in [-0.05, 0) is 17.7 Å². The van der Waals surface area contributed by atoms with Crippen LogP contribution in [0.15, 0.2) is 24.3 Å². The average Bonchev–Trinajstić information content (AvgIpc) is 2.19. The van der Waals surface area contributed by atoms with Crippen LogP contribution in [0.2, 0.25) is 5.02 Å². The van der Waals surface area contributed by atoms with Crippen LogP contribution in [0.3, 0.4) is 0 Å². The second kappa shape index (κ2) is 4.09. The zero-order valence-corrected chi connectivity index (χ0v) is 8.05. The minimum atomic E-state index is 0.160. The highest BCUT2D eigenvalue weighted by atomic mass is 35.5. The van der Waals surface area contributed by atoms with Crippen molar-refractivity contribution in [2.75, 3.05) is 19.7 Å². The van der Waals surface area contributed by atoms with Crippen molar-refractivity contribution in [1.29, 1.82) is 0 Å². The van der Waals surface area contributed by atoms with E-state index in [4.69, 9.17) is 16.3 Å². The molecule has 0 aromatic heterocycles. The second-order valence-electron chi connectivity index (χ2n) is 3.12. The highest BCUT2D eigenvalue weighted by Crippen LogP contribution is 2.21. The predicted molar refractivity (Wildman–Crippen MR) is 53.0 cm³/mol. The highest BCUT2D eigenvalue weighted by molar-refractivity contribution is 6.30. The number of benzene rings is 1. The van der Waals surface area contributed by atoms with Gasteiger partial charge in [0.2, 0.25) is 0 Å². The predicted octanol–water partition coefficient (Wildman–Crippen LogP) is 2.00. The van der Waals surface area contributed by atoms with E-state index in [-0.39, 0.29) is 6.10 Å². The number of morpholine rings is 1. The zero-order chi connectivity index (χ0) is 9.10. The van der Waals surface area contributed by atoms with E-state index in [9.17, 15) is 0 Å². The van der Waals surface area contributed by atoms with Crippen molar-refractivity contribution in [3.8, 4) is 0 Å². The Bertz CT molecular complexity index is 284. The Labute approximate surface area is 82.9 Å². The summed E-state index contributed by atoms with van der Waals surface area (Å²) < 4.78 is 5.60. The first kappa shape index (κ1) is 9.00. The summed E-state index contributed by atoms with van der Waals surface area (Å²) in [5.41, 5.74) is 1.15. The van der Waals surface area contributed by atoms with E-state index in [0.717, 1.165) is 30.3 Å². The minimum Gasteiger partial charge on any atom is -0.371 e. The maximum Gasteiger partial charge on any atom is 0.0950 e. The number of hydrogen-bond donors (Lipinski definition) is 1. The molecule has 0 saturated carbocycles. The molecule has 1 heterocycles. The molecule has 0 unspecified atom stereocenters. The Hall–Kier alpha value is -0.570. The summed E-state index contributed by atoms with van der Waals surface area (Å²) in [7, 11) is 0. The number of halogens is 1. The van der Waals surface area contributed by atoms with E-state index in [1.54, 1.807) is 0 Å². The molecule has 0 bridgehead atoms. The van der Waals surface area contributed by atoms with Crippen molar-refractivity contribution < 1.29 is 4.74 Å². The Kier molecular flexibility index (Phi) is 2.83. The van der Waals surface area contributed by atoms with Gasteiger partial charge in [-0.15, -0.1) is 0 Å². The molecule has 1 N–H and O–H groups in total. The van der Waals surface area contributed by atoms with Crippen LogP contribution in [-0.2, 0) is 4.74 Å². The molecule has 2 rings (SSSR count). The molecule has 0 aliphatic carbocycles. The van der Waals surface area contributed by atoms with Crippen molar-refractivity contribution in [3.05, 3.63) is 34.9 Å². The molecule has 1 atom stereocenters. The molecular weight excluding hydrogens is 186 g/mol. The van der Waals surface area contributed by atoms with Crippen molar-refractivity contribution in [3.63, 3.8) is 0 Å². The van der Waals surface area contributed by atoms with Gasteiger partial charge >= 0.3 is 0 Å². The summed E-state index contributed by atoms with van der Waals surface area (Å²) >= 11 is 5.89. The van der Waals surface area contributed by atoms with Crippen molar-refractivity contribution in [2.45, 2.75) is 6.10 Å². The Morgan fingerprint density at radius 2 is 2.38 bits per heavy atom. The van der Waals surface area contributed by atoms with Crippen LogP contribution in [0.25, 0.3) is 0 Å². The first-order chi connectivity index (χ1) is 6.36. The van der Waals surface area contributed by atoms with Gasteiger partial charge in [0.05, 0.1) is 12.7 Å². The van der Waals surface area contributed by atoms with Gasteiger partial charge in [-0.2, -0.15) is 0 Å². The molecule has 1 saturated heterocycles. The maximum atomic E-state index is 5.89. The third kappa shape index (κ3) is 2.21. The van der Waals surface area contributed by atoms with E-state index >= 15 is 0 Å². The van der Waals surface area contributed by atoms with Crippen molar-refractivity contribution in [2.24, 2.45) is 0 Å². The Balaban J connectivity index is 2.14. The van der Waals surface area contributed by atoms with Crippen LogP contribution in [0, 0.1) is 0 Å². The summed E-state index contributed by atoms with van der Waals surface area (Å²) in [5.74, 6) is 0. The number of hydrogen-bond acceptors (Lipinski definition) is 2. The molecule has 1 aromatic carbocycles. The lowest BCUT2D eigenvalue weighted by Gasteiger charge is -2.23. The van der Waals surface area contributed by atoms with Gasteiger partial charge in [-0.25, -0.2) is 0 Å². The molecule has 0 amide bonds. The minimum absolute atomic E-state index is 0.160. The third-order valence-electron chi connectivity index (χ3n) is 2.15.